The molecule has 0 bridgehead atoms. The van der Waals surface area contributed by atoms with Crippen LogP contribution >= 0.6 is 0 Å². The van der Waals surface area contributed by atoms with Crippen LogP contribution in [-0.2, 0) is 0 Å². The van der Waals surface area contributed by atoms with Crippen LogP contribution in [0.5, 0.6) is 0 Å². The van der Waals surface area contributed by atoms with Crippen molar-refractivity contribution in [2.75, 3.05) is 0 Å². The van der Waals surface area contributed by atoms with Crippen molar-refractivity contribution in [3.05, 3.63) is 188 Å². The quantitative estimate of drug-likeness (QED) is 0.183. The summed E-state index contributed by atoms with van der Waals surface area (Å²) in [6, 6.07) is 67.0. The fourth-order valence-corrected chi connectivity index (χ4v) is 8.78. The van der Waals surface area contributed by atoms with Crippen molar-refractivity contribution in [3.8, 4) is 28.5 Å². The number of aromatic nitrogens is 5. The maximum absolute atomic E-state index is 5.75. The first kappa shape index (κ1) is 30.0. The summed E-state index contributed by atoms with van der Waals surface area (Å²) in [6.45, 7) is 0. The van der Waals surface area contributed by atoms with Gasteiger partial charge in [0, 0.05) is 43.9 Å². The molecule has 0 saturated heterocycles. The van der Waals surface area contributed by atoms with Crippen LogP contribution in [0.2, 0.25) is 0 Å². The number of fused-ring (bicyclic) bond motifs is 10. The summed E-state index contributed by atoms with van der Waals surface area (Å²) in [4.78, 5) is 11.4. The second kappa shape index (κ2) is 11.5. The molecule has 0 spiro atoms. The Kier molecular flexibility index (Phi) is 6.27. The number of hydrogen-bond acceptors (Lipinski definition) is 2. The first-order chi connectivity index (χ1) is 27.3. The first-order valence-corrected chi connectivity index (χ1v) is 18.7. The Hall–Kier alpha value is -7.50. The summed E-state index contributed by atoms with van der Waals surface area (Å²) in [5.74, 6) is 0.788. The van der Waals surface area contributed by atoms with Gasteiger partial charge in [-0.05, 0) is 71.4 Å². The highest BCUT2D eigenvalue weighted by Gasteiger charge is 2.24. The molecular weight excluding hydrogens is 671 g/mol. The van der Waals surface area contributed by atoms with Crippen LogP contribution < -0.4 is 0 Å². The number of hydrogen-bond donors (Lipinski definition) is 0. The van der Waals surface area contributed by atoms with E-state index >= 15 is 0 Å². The lowest BCUT2D eigenvalue weighted by molar-refractivity contribution is 1.05. The van der Waals surface area contributed by atoms with Gasteiger partial charge in [-0.2, -0.15) is 0 Å². The third-order valence-electron chi connectivity index (χ3n) is 11.2. The van der Waals surface area contributed by atoms with Gasteiger partial charge >= 0.3 is 0 Å². The van der Waals surface area contributed by atoms with E-state index in [-0.39, 0.29) is 0 Å². The number of benzene rings is 8. The zero-order valence-electron chi connectivity index (χ0n) is 29.6. The van der Waals surface area contributed by atoms with Gasteiger partial charge in [-0.15, -0.1) is 0 Å². The molecule has 12 aromatic rings. The average Bonchev–Trinajstić information content (AvgIpc) is 3.87. The summed E-state index contributed by atoms with van der Waals surface area (Å²) in [6.07, 6.45) is 0. The van der Waals surface area contributed by atoms with E-state index in [1.54, 1.807) is 0 Å². The molecule has 256 valence electrons. The van der Waals surface area contributed by atoms with E-state index in [0.29, 0.717) is 0 Å². The molecule has 4 aromatic heterocycles. The third kappa shape index (κ3) is 4.35. The molecule has 12 rings (SSSR count). The molecule has 0 atom stereocenters. The Morgan fingerprint density at radius 2 is 0.855 bits per heavy atom. The normalized spacial score (nSPS) is 12.0. The van der Waals surface area contributed by atoms with Crippen LogP contribution in [0.25, 0.3) is 105 Å². The van der Waals surface area contributed by atoms with E-state index in [1.165, 1.54) is 32.4 Å². The minimum absolute atomic E-state index is 0.788. The van der Waals surface area contributed by atoms with Gasteiger partial charge in [-0.25, -0.2) is 9.97 Å². The van der Waals surface area contributed by atoms with Crippen LogP contribution in [-0.4, -0.2) is 23.7 Å². The van der Waals surface area contributed by atoms with Crippen LogP contribution in [0, 0.1) is 0 Å². The minimum atomic E-state index is 0.788. The SMILES string of the molecule is c1ccc(-n2c3ccccc3c3cc4c5ccccc5n(-c5nc6c(nc5-c5ccc7ccccc7c5)c5ccccc5n6-c5ccccc5)c4cc32)cc1. The molecule has 5 heteroatoms. The third-order valence-corrected chi connectivity index (χ3v) is 11.2. The molecular formula is C50H31N5. The van der Waals surface area contributed by atoms with Crippen molar-refractivity contribution >= 4 is 76.5 Å². The molecule has 5 nitrogen and oxygen atoms in total. The van der Waals surface area contributed by atoms with Gasteiger partial charge in [0.25, 0.3) is 0 Å². The lowest BCUT2D eigenvalue weighted by Gasteiger charge is -2.15. The van der Waals surface area contributed by atoms with Crippen LogP contribution in [0.1, 0.15) is 0 Å². The van der Waals surface area contributed by atoms with Crippen LogP contribution in [0.15, 0.2) is 188 Å². The largest absolute Gasteiger partial charge is 0.309 e. The van der Waals surface area contributed by atoms with Gasteiger partial charge in [-0.3, -0.25) is 9.13 Å². The van der Waals surface area contributed by atoms with Crippen molar-refractivity contribution in [1.29, 1.82) is 0 Å². The van der Waals surface area contributed by atoms with Crippen LogP contribution in [0.3, 0.4) is 0 Å². The molecule has 0 aliphatic rings. The van der Waals surface area contributed by atoms with E-state index in [0.717, 1.165) is 72.5 Å². The Labute approximate surface area is 315 Å². The number of rotatable bonds is 4. The highest BCUT2D eigenvalue weighted by atomic mass is 15.2. The predicted molar refractivity (Wildman–Crippen MR) is 228 cm³/mol. The maximum Gasteiger partial charge on any atom is 0.166 e. The standard InChI is InChI=1S/C50H31N5/c1-3-17-35(18-4-1)53-42-24-12-9-21-37(42)40-30-41-38-22-10-13-25-43(38)55(46(41)31-45(40)53)49-47(34-28-27-32-15-7-8-16-33(32)29-34)51-48-39-23-11-14-26-44(39)54(50(48)52-49)36-19-5-2-6-20-36/h1-31H. The van der Waals surface area contributed by atoms with Crippen molar-refractivity contribution < 1.29 is 0 Å². The zero-order chi connectivity index (χ0) is 36.0. The maximum atomic E-state index is 5.75. The Morgan fingerprint density at radius 3 is 1.55 bits per heavy atom. The summed E-state index contributed by atoms with van der Waals surface area (Å²) in [5.41, 5.74) is 11.3. The van der Waals surface area contributed by atoms with Crippen molar-refractivity contribution in [1.82, 2.24) is 23.7 Å². The smallest absolute Gasteiger partial charge is 0.166 e. The molecule has 0 fully saturated rings. The van der Waals surface area contributed by atoms with Gasteiger partial charge in [0.1, 0.15) is 11.2 Å². The Balaban J connectivity index is 1.27. The van der Waals surface area contributed by atoms with E-state index in [4.69, 9.17) is 9.97 Å². The van der Waals surface area contributed by atoms with Gasteiger partial charge < -0.3 is 4.57 Å². The molecule has 55 heavy (non-hydrogen) atoms. The summed E-state index contributed by atoms with van der Waals surface area (Å²) in [7, 11) is 0. The van der Waals surface area contributed by atoms with Crippen molar-refractivity contribution in [3.63, 3.8) is 0 Å². The lowest BCUT2D eigenvalue weighted by atomic mass is 10.0. The van der Waals surface area contributed by atoms with Crippen molar-refractivity contribution in [2.24, 2.45) is 0 Å². The monoisotopic (exact) mass is 701 g/mol. The Bertz CT molecular complexity index is 3480. The highest BCUT2D eigenvalue weighted by Crippen LogP contribution is 2.42. The minimum Gasteiger partial charge on any atom is -0.309 e. The van der Waals surface area contributed by atoms with Gasteiger partial charge in [0.05, 0.1) is 27.6 Å². The molecule has 0 radical (unpaired) electrons. The van der Waals surface area contributed by atoms with Gasteiger partial charge in [-0.1, -0.05) is 127 Å². The molecule has 0 saturated carbocycles. The molecule has 0 aliphatic heterocycles. The number of nitrogens with zero attached hydrogens (tertiary/aromatic N) is 5. The molecule has 4 heterocycles. The lowest BCUT2D eigenvalue weighted by Crippen LogP contribution is -2.05. The molecule has 0 N–H and O–H groups in total. The van der Waals surface area contributed by atoms with E-state index < -0.39 is 0 Å². The molecule has 8 aromatic carbocycles. The molecule has 0 amide bonds. The topological polar surface area (TPSA) is 40.6 Å². The number of para-hydroxylation sites is 5. The highest BCUT2D eigenvalue weighted by molar-refractivity contribution is 6.19. The summed E-state index contributed by atoms with van der Waals surface area (Å²) >= 11 is 0. The van der Waals surface area contributed by atoms with E-state index in [2.05, 4.69) is 202 Å². The van der Waals surface area contributed by atoms with Crippen LogP contribution in [0.4, 0.5) is 0 Å². The predicted octanol–water partition coefficient (Wildman–Crippen LogP) is 12.6. The van der Waals surface area contributed by atoms with Gasteiger partial charge in [0.2, 0.25) is 0 Å². The second-order valence-corrected chi connectivity index (χ2v) is 14.2. The van der Waals surface area contributed by atoms with E-state index in [9.17, 15) is 0 Å². The zero-order valence-corrected chi connectivity index (χ0v) is 29.6. The fraction of sp³-hybridized carbons (Fsp3) is 0. The fourth-order valence-electron chi connectivity index (χ4n) is 8.78. The summed E-state index contributed by atoms with van der Waals surface area (Å²) < 4.78 is 6.99. The summed E-state index contributed by atoms with van der Waals surface area (Å²) in [5, 5.41) is 8.21. The van der Waals surface area contributed by atoms with Gasteiger partial charge in [0.15, 0.2) is 11.5 Å². The average molecular weight is 702 g/mol. The van der Waals surface area contributed by atoms with E-state index in [1.807, 2.05) is 0 Å². The molecule has 0 aliphatic carbocycles. The van der Waals surface area contributed by atoms with Crippen molar-refractivity contribution in [2.45, 2.75) is 0 Å². The molecule has 0 unspecified atom stereocenters. The first-order valence-electron chi connectivity index (χ1n) is 18.7. The Morgan fingerprint density at radius 1 is 0.327 bits per heavy atom. The second-order valence-electron chi connectivity index (χ2n) is 14.2.